The Morgan fingerprint density at radius 3 is 1.48 bits per heavy atom. The zero-order valence-corrected chi connectivity index (χ0v) is 21.7. The Morgan fingerprint density at radius 2 is 1.07 bits per heavy atom. The number of benzene rings is 3. The van der Waals surface area contributed by atoms with Crippen molar-refractivity contribution >= 4 is 17.7 Å². The Balaban J connectivity index is 1.14. The summed E-state index contributed by atoms with van der Waals surface area (Å²) in [5.41, 5.74) is 0.926. The lowest BCUT2D eigenvalue weighted by molar-refractivity contribution is 0.0730. The van der Waals surface area contributed by atoms with Crippen molar-refractivity contribution < 1.29 is 42.8 Å². The van der Waals surface area contributed by atoms with Gasteiger partial charge in [0.05, 0.1) is 24.3 Å². The Labute approximate surface area is 230 Å². The summed E-state index contributed by atoms with van der Waals surface area (Å²) in [6.45, 7) is 2.31. The van der Waals surface area contributed by atoms with Gasteiger partial charge in [0.2, 0.25) is 0 Å². The summed E-state index contributed by atoms with van der Waals surface area (Å²) in [4.78, 5) is 38.6. The second-order valence-corrected chi connectivity index (χ2v) is 10.1. The number of carbonyl (C=O) groups excluding carboxylic acids is 3. The topological polar surface area (TPSA) is 113 Å². The van der Waals surface area contributed by atoms with Gasteiger partial charge in [0.1, 0.15) is 48.4 Å². The van der Waals surface area contributed by atoms with Crippen molar-refractivity contribution in [1.29, 1.82) is 0 Å². The summed E-state index contributed by atoms with van der Waals surface area (Å²) < 4.78 is 32.6. The molecular formula is C31H28O9. The first-order valence-corrected chi connectivity index (χ1v) is 13.3. The molecule has 0 bridgehead atoms. The molecular weight excluding hydrogens is 516 g/mol. The number of carbonyl (C=O) groups is 3. The van der Waals surface area contributed by atoms with E-state index in [1.165, 1.54) is 18.2 Å². The number of hydrogen-bond donors (Lipinski definition) is 0. The predicted molar refractivity (Wildman–Crippen MR) is 141 cm³/mol. The van der Waals surface area contributed by atoms with Crippen LogP contribution in [0.1, 0.15) is 50.3 Å². The van der Waals surface area contributed by atoms with Crippen LogP contribution < -0.4 is 18.9 Å². The molecule has 2 atom stereocenters. The van der Waals surface area contributed by atoms with Crippen molar-refractivity contribution in [2.75, 3.05) is 26.4 Å². The lowest BCUT2D eigenvalue weighted by Crippen LogP contribution is -2.12. The molecule has 206 valence electrons. The molecule has 1 aliphatic carbocycles. The molecule has 0 amide bonds. The first kappa shape index (κ1) is 26.0. The van der Waals surface area contributed by atoms with Gasteiger partial charge in [-0.2, -0.15) is 0 Å². The highest BCUT2D eigenvalue weighted by Crippen LogP contribution is 2.35. The van der Waals surface area contributed by atoms with Gasteiger partial charge >= 0.3 is 11.9 Å². The molecule has 3 aliphatic rings. The van der Waals surface area contributed by atoms with E-state index >= 15 is 0 Å². The van der Waals surface area contributed by atoms with E-state index in [9.17, 15) is 14.4 Å². The molecule has 9 nitrogen and oxygen atoms in total. The van der Waals surface area contributed by atoms with Gasteiger partial charge in [-0.15, -0.1) is 0 Å². The summed E-state index contributed by atoms with van der Waals surface area (Å²) >= 11 is 0. The van der Waals surface area contributed by atoms with Crippen LogP contribution in [0.15, 0.2) is 66.7 Å². The van der Waals surface area contributed by atoms with Crippen molar-refractivity contribution in [2.45, 2.75) is 31.5 Å². The van der Waals surface area contributed by atoms with Gasteiger partial charge in [-0.1, -0.05) is 0 Å². The van der Waals surface area contributed by atoms with Gasteiger partial charge in [0, 0.05) is 18.1 Å². The van der Waals surface area contributed by atoms with Crippen LogP contribution in [0.2, 0.25) is 0 Å². The molecule has 40 heavy (non-hydrogen) atoms. The van der Waals surface area contributed by atoms with E-state index in [2.05, 4.69) is 0 Å². The highest BCUT2D eigenvalue weighted by Gasteiger charge is 2.26. The van der Waals surface area contributed by atoms with E-state index in [4.69, 9.17) is 28.4 Å². The molecule has 2 aliphatic heterocycles. The maximum absolute atomic E-state index is 12.9. The van der Waals surface area contributed by atoms with Crippen LogP contribution in [0.3, 0.4) is 0 Å². The van der Waals surface area contributed by atoms with Crippen molar-refractivity contribution in [2.24, 2.45) is 5.92 Å². The first-order valence-electron chi connectivity index (χ1n) is 13.3. The summed E-state index contributed by atoms with van der Waals surface area (Å²) in [7, 11) is 0. The van der Waals surface area contributed by atoms with Crippen molar-refractivity contribution in [3.05, 3.63) is 83.4 Å². The summed E-state index contributed by atoms with van der Waals surface area (Å²) in [6, 6.07) is 17.5. The zero-order chi connectivity index (χ0) is 27.5. The fourth-order valence-corrected chi connectivity index (χ4v) is 3.97. The van der Waals surface area contributed by atoms with Crippen molar-refractivity contribution in [1.82, 2.24) is 0 Å². The Morgan fingerprint density at radius 1 is 0.625 bits per heavy atom. The van der Waals surface area contributed by atoms with Crippen LogP contribution in [0.5, 0.6) is 23.0 Å². The highest BCUT2D eigenvalue weighted by atomic mass is 16.6. The molecule has 2 heterocycles. The minimum absolute atomic E-state index is 0.0972. The fourth-order valence-electron chi connectivity index (χ4n) is 3.97. The molecule has 9 heteroatoms. The van der Waals surface area contributed by atoms with Gasteiger partial charge in [-0.3, -0.25) is 4.79 Å². The van der Waals surface area contributed by atoms with Crippen molar-refractivity contribution in [3.8, 4) is 23.0 Å². The molecule has 0 spiro atoms. The van der Waals surface area contributed by atoms with Crippen LogP contribution in [0.25, 0.3) is 0 Å². The van der Waals surface area contributed by atoms with Crippen LogP contribution >= 0.6 is 0 Å². The normalized spacial score (nSPS) is 18.9. The molecule has 0 N–H and O–H groups in total. The second-order valence-electron chi connectivity index (χ2n) is 10.1. The van der Waals surface area contributed by atoms with E-state index in [-0.39, 0.29) is 29.5 Å². The number of esters is 2. The largest absolute Gasteiger partial charge is 0.491 e. The number of Topliss-reactive ketones (excluding diaryl/α,β-unsaturated/α-hetero) is 1. The Kier molecular flexibility index (Phi) is 7.48. The van der Waals surface area contributed by atoms with Crippen LogP contribution in [0, 0.1) is 5.92 Å². The SMILES string of the molecule is O=C(CC1CC1)c1cc(OC(=O)c2ccc(OCC3CO3)cc2)cc(OC(=O)c2ccc(OCC3CO3)cc2)c1. The van der Waals surface area contributed by atoms with Gasteiger partial charge in [-0.05, 0) is 79.4 Å². The van der Waals surface area contributed by atoms with Crippen LogP contribution in [0.4, 0.5) is 0 Å². The Hall–Kier alpha value is -4.21. The number of ketones is 1. The zero-order valence-electron chi connectivity index (χ0n) is 21.7. The maximum Gasteiger partial charge on any atom is 0.343 e. The van der Waals surface area contributed by atoms with Gasteiger partial charge in [-0.25, -0.2) is 9.59 Å². The quantitative estimate of drug-likeness (QED) is 0.131. The molecule has 1 saturated carbocycles. The maximum atomic E-state index is 12.9. The third-order valence-corrected chi connectivity index (χ3v) is 6.65. The molecule has 3 aromatic rings. The molecule has 3 fully saturated rings. The van der Waals surface area contributed by atoms with Gasteiger partial charge in [0.25, 0.3) is 0 Å². The number of hydrogen-bond acceptors (Lipinski definition) is 9. The predicted octanol–water partition coefficient (Wildman–Crippen LogP) is 4.66. The van der Waals surface area contributed by atoms with Gasteiger partial charge < -0.3 is 28.4 Å². The molecule has 2 saturated heterocycles. The van der Waals surface area contributed by atoms with Gasteiger partial charge in [0.15, 0.2) is 5.78 Å². The smallest absolute Gasteiger partial charge is 0.343 e. The fraction of sp³-hybridized carbons (Fsp3) is 0.323. The number of epoxide rings is 2. The second kappa shape index (κ2) is 11.5. The van der Waals surface area contributed by atoms with Crippen LogP contribution in [-0.4, -0.2) is 56.4 Å². The standard InChI is InChI=1S/C31H28O9/c32-29(11-19-1-2-19)22-12-25(39-30(33)20-3-7-23(8-4-20)35-15-27-17-37-27)14-26(13-22)40-31(34)21-5-9-24(10-6-21)36-16-28-18-38-28/h3-10,12-14,19,27-28H,1-2,11,15-18H2. The van der Waals surface area contributed by atoms with E-state index in [1.54, 1.807) is 48.5 Å². The lowest BCUT2D eigenvalue weighted by Gasteiger charge is -2.11. The highest BCUT2D eigenvalue weighted by molar-refractivity contribution is 5.98. The number of ether oxygens (including phenoxy) is 6. The summed E-state index contributed by atoms with van der Waals surface area (Å²) in [6.07, 6.45) is 2.69. The molecule has 0 radical (unpaired) electrons. The number of rotatable bonds is 13. The van der Waals surface area contributed by atoms with E-state index in [0.29, 0.717) is 67.0 Å². The van der Waals surface area contributed by atoms with E-state index < -0.39 is 11.9 Å². The first-order chi connectivity index (χ1) is 19.5. The van der Waals surface area contributed by atoms with E-state index in [1.807, 2.05) is 0 Å². The lowest BCUT2D eigenvalue weighted by atomic mass is 10.1. The average Bonchev–Trinajstić information content (AvgIpc) is 3.80. The molecule has 0 aromatic heterocycles. The average molecular weight is 545 g/mol. The molecule has 6 rings (SSSR count). The minimum Gasteiger partial charge on any atom is -0.491 e. The Bertz CT molecular complexity index is 1290. The molecule has 2 unspecified atom stereocenters. The summed E-state index contributed by atoms with van der Waals surface area (Å²) in [5, 5.41) is 0. The third-order valence-electron chi connectivity index (χ3n) is 6.65. The van der Waals surface area contributed by atoms with E-state index in [0.717, 1.165) is 12.8 Å². The van der Waals surface area contributed by atoms with Crippen LogP contribution in [-0.2, 0) is 9.47 Å². The van der Waals surface area contributed by atoms with Crippen molar-refractivity contribution in [3.63, 3.8) is 0 Å². The molecule has 3 aromatic carbocycles. The third kappa shape index (κ3) is 7.25. The monoisotopic (exact) mass is 544 g/mol. The summed E-state index contributed by atoms with van der Waals surface area (Å²) in [5.74, 6) is 0.472. The minimum atomic E-state index is -0.617.